The molecule has 2 aliphatic rings. The molecule has 140 valence electrons. The van der Waals surface area contributed by atoms with Gasteiger partial charge in [0.05, 0.1) is 17.5 Å². The molecule has 2 aromatic heterocycles. The van der Waals surface area contributed by atoms with Crippen LogP contribution in [0.25, 0.3) is 11.3 Å². The number of rotatable bonds is 4. The second-order valence-electron chi connectivity index (χ2n) is 7.54. The number of aryl methyl sites for hydroxylation is 1. The van der Waals surface area contributed by atoms with E-state index in [1.54, 1.807) is 0 Å². The predicted octanol–water partition coefficient (Wildman–Crippen LogP) is 2.37. The standard InChI is InChI=1S/C19H29N7/c1-24-10-12-26(13-11-24)18-16(14-21-25(18)2)17-8-9-20-19(23-17)22-15-6-4-3-5-7-15/h8-9,14-15H,3-7,10-13H2,1-2H3,(H,20,22,23). The third-order valence-corrected chi connectivity index (χ3v) is 5.58. The highest BCUT2D eigenvalue weighted by molar-refractivity contribution is 5.73. The molecule has 0 bridgehead atoms. The Kier molecular flexibility index (Phi) is 5.06. The van der Waals surface area contributed by atoms with Crippen LogP contribution in [0.15, 0.2) is 18.5 Å². The largest absolute Gasteiger partial charge is 0.354 e. The summed E-state index contributed by atoms with van der Waals surface area (Å²) in [7, 11) is 4.19. The molecule has 1 saturated carbocycles. The molecule has 3 heterocycles. The van der Waals surface area contributed by atoms with E-state index in [0.29, 0.717) is 6.04 Å². The first-order valence-corrected chi connectivity index (χ1v) is 9.76. The molecule has 7 heteroatoms. The average molecular weight is 355 g/mol. The number of aromatic nitrogens is 4. The van der Waals surface area contributed by atoms with Crippen LogP contribution in [-0.4, -0.2) is 63.9 Å². The van der Waals surface area contributed by atoms with E-state index in [-0.39, 0.29) is 0 Å². The van der Waals surface area contributed by atoms with Crippen LogP contribution in [0.5, 0.6) is 0 Å². The number of nitrogens with zero attached hydrogens (tertiary/aromatic N) is 6. The molecule has 1 N–H and O–H groups in total. The summed E-state index contributed by atoms with van der Waals surface area (Å²) in [5.74, 6) is 1.89. The van der Waals surface area contributed by atoms with Gasteiger partial charge in [0.15, 0.2) is 0 Å². The van der Waals surface area contributed by atoms with Gasteiger partial charge >= 0.3 is 0 Å². The van der Waals surface area contributed by atoms with Gasteiger partial charge in [-0.15, -0.1) is 0 Å². The van der Waals surface area contributed by atoms with Crippen LogP contribution >= 0.6 is 0 Å². The van der Waals surface area contributed by atoms with Crippen LogP contribution in [0.1, 0.15) is 32.1 Å². The summed E-state index contributed by atoms with van der Waals surface area (Å²) >= 11 is 0. The monoisotopic (exact) mass is 355 g/mol. The molecule has 4 rings (SSSR count). The summed E-state index contributed by atoms with van der Waals surface area (Å²) in [5, 5.41) is 8.05. The van der Waals surface area contributed by atoms with Crippen LogP contribution in [-0.2, 0) is 7.05 Å². The molecule has 0 unspecified atom stereocenters. The molecule has 0 radical (unpaired) electrons. The zero-order valence-corrected chi connectivity index (χ0v) is 15.9. The maximum absolute atomic E-state index is 4.81. The molecule has 0 atom stereocenters. The third-order valence-electron chi connectivity index (χ3n) is 5.58. The minimum Gasteiger partial charge on any atom is -0.354 e. The first kappa shape index (κ1) is 17.3. The normalized spacial score (nSPS) is 19.7. The minimum atomic E-state index is 0.505. The van der Waals surface area contributed by atoms with E-state index in [9.17, 15) is 0 Å². The van der Waals surface area contributed by atoms with Gasteiger partial charge in [-0.25, -0.2) is 9.97 Å². The topological polar surface area (TPSA) is 62.1 Å². The molecular weight excluding hydrogens is 326 g/mol. The molecule has 1 aliphatic heterocycles. The van der Waals surface area contributed by atoms with Crippen molar-refractivity contribution in [2.75, 3.05) is 43.4 Å². The molecular formula is C19H29N7. The summed E-state index contributed by atoms with van der Waals surface area (Å²) in [4.78, 5) is 14.0. The Morgan fingerprint density at radius 2 is 1.81 bits per heavy atom. The zero-order chi connectivity index (χ0) is 17.9. The lowest BCUT2D eigenvalue weighted by atomic mass is 9.96. The quantitative estimate of drug-likeness (QED) is 0.909. The molecule has 2 fully saturated rings. The number of hydrogen-bond donors (Lipinski definition) is 1. The maximum atomic E-state index is 4.81. The highest BCUT2D eigenvalue weighted by atomic mass is 15.4. The van der Waals surface area contributed by atoms with E-state index in [2.05, 4.69) is 32.2 Å². The van der Waals surface area contributed by atoms with Gasteiger partial charge in [-0.3, -0.25) is 4.68 Å². The van der Waals surface area contributed by atoms with Gasteiger partial charge in [0.1, 0.15) is 5.82 Å². The third kappa shape index (κ3) is 3.67. The Bertz CT molecular complexity index is 727. The van der Waals surface area contributed by atoms with Crippen molar-refractivity contribution < 1.29 is 0 Å². The Morgan fingerprint density at radius 1 is 1.04 bits per heavy atom. The number of piperazine rings is 1. The average Bonchev–Trinajstić information content (AvgIpc) is 3.05. The second-order valence-corrected chi connectivity index (χ2v) is 7.54. The summed E-state index contributed by atoms with van der Waals surface area (Å²) in [5.41, 5.74) is 2.03. The van der Waals surface area contributed by atoms with Crippen molar-refractivity contribution in [1.29, 1.82) is 0 Å². The lowest BCUT2D eigenvalue weighted by Crippen LogP contribution is -2.45. The van der Waals surface area contributed by atoms with Crippen molar-refractivity contribution in [3.05, 3.63) is 18.5 Å². The highest BCUT2D eigenvalue weighted by Gasteiger charge is 2.22. The Morgan fingerprint density at radius 3 is 2.58 bits per heavy atom. The smallest absolute Gasteiger partial charge is 0.223 e. The molecule has 1 saturated heterocycles. The molecule has 1 aliphatic carbocycles. The Labute approximate surface area is 155 Å². The van der Waals surface area contributed by atoms with Gasteiger partial charge in [0.25, 0.3) is 0 Å². The van der Waals surface area contributed by atoms with Crippen molar-refractivity contribution in [3.63, 3.8) is 0 Å². The van der Waals surface area contributed by atoms with Crippen molar-refractivity contribution in [2.24, 2.45) is 7.05 Å². The lowest BCUT2D eigenvalue weighted by Gasteiger charge is -2.34. The van der Waals surface area contributed by atoms with E-state index in [4.69, 9.17) is 4.98 Å². The zero-order valence-electron chi connectivity index (χ0n) is 15.9. The van der Waals surface area contributed by atoms with Crippen molar-refractivity contribution in [3.8, 4) is 11.3 Å². The molecule has 0 spiro atoms. The van der Waals surface area contributed by atoms with Crippen LogP contribution in [0.3, 0.4) is 0 Å². The minimum absolute atomic E-state index is 0.505. The van der Waals surface area contributed by atoms with Crippen LogP contribution in [0.4, 0.5) is 11.8 Å². The van der Waals surface area contributed by atoms with Gasteiger partial charge in [-0.05, 0) is 26.0 Å². The molecule has 7 nitrogen and oxygen atoms in total. The highest BCUT2D eigenvalue weighted by Crippen LogP contribution is 2.30. The van der Waals surface area contributed by atoms with E-state index in [0.717, 1.165) is 49.2 Å². The number of likely N-dealkylation sites (N-methyl/N-ethyl adjacent to an activating group) is 1. The first-order valence-electron chi connectivity index (χ1n) is 9.76. The molecule has 0 aromatic carbocycles. The van der Waals surface area contributed by atoms with Crippen molar-refractivity contribution in [1.82, 2.24) is 24.6 Å². The van der Waals surface area contributed by atoms with Crippen molar-refractivity contribution in [2.45, 2.75) is 38.1 Å². The van der Waals surface area contributed by atoms with Gasteiger partial charge in [-0.2, -0.15) is 5.10 Å². The Hall–Kier alpha value is -2.15. The van der Waals surface area contributed by atoms with E-state index < -0.39 is 0 Å². The molecule has 26 heavy (non-hydrogen) atoms. The lowest BCUT2D eigenvalue weighted by molar-refractivity contribution is 0.311. The fourth-order valence-corrected chi connectivity index (χ4v) is 4.01. The summed E-state index contributed by atoms with van der Waals surface area (Å²) in [6.45, 7) is 4.17. The number of hydrogen-bond acceptors (Lipinski definition) is 6. The summed E-state index contributed by atoms with van der Waals surface area (Å²) in [6, 6.07) is 2.49. The first-order chi connectivity index (χ1) is 12.7. The number of anilines is 2. The van der Waals surface area contributed by atoms with Crippen LogP contribution < -0.4 is 10.2 Å². The van der Waals surface area contributed by atoms with E-state index in [1.807, 2.05) is 30.2 Å². The van der Waals surface area contributed by atoms with Gasteiger partial charge in [0, 0.05) is 45.5 Å². The van der Waals surface area contributed by atoms with Crippen molar-refractivity contribution >= 4 is 11.8 Å². The van der Waals surface area contributed by atoms with Gasteiger partial charge in [0.2, 0.25) is 5.95 Å². The van der Waals surface area contributed by atoms with Gasteiger partial charge < -0.3 is 15.1 Å². The van der Waals surface area contributed by atoms with E-state index >= 15 is 0 Å². The second kappa shape index (κ2) is 7.61. The van der Waals surface area contributed by atoms with Gasteiger partial charge in [-0.1, -0.05) is 19.3 Å². The van der Waals surface area contributed by atoms with E-state index in [1.165, 1.54) is 32.1 Å². The SMILES string of the molecule is CN1CCN(c2c(-c3ccnc(NC4CCCCC4)n3)cnn2C)CC1. The maximum Gasteiger partial charge on any atom is 0.223 e. The summed E-state index contributed by atoms with van der Waals surface area (Å²) in [6.07, 6.45) is 10.2. The summed E-state index contributed by atoms with van der Waals surface area (Å²) < 4.78 is 1.97. The fraction of sp³-hybridized carbons (Fsp3) is 0.632. The number of nitrogens with one attached hydrogen (secondary N) is 1. The fourth-order valence-electron chi connectivity index (χ4n) is 4.01. The van der Waals surface area contributed by atoms with Crippen LogP contribution in [0, 0.1) is 0 Å². The molecule has 2 aromatic rings. The predicted molar refractivity (Wildman–Crippen MR) is 104 cm³/mol. The Balaban J connectivity index is 1.57. The molecule has 0 amide bonds. The van der Waals surface area contributed by atoms with Crippen LogP contribution in [0.2, 0.25) is 0 Å².